The summed E-state index contributed by atoms with van der Waals surface area (Å²) < 4.78 is 44.5. The summed E-state index contributed by atoms with van der Waals surface area (Å²) in [7, 11) is -3.15. The maximum absolute atomic E-state index is 13.1. The fourth-order valence-electron chi connectivity index (χ4n) is 2.13. The Labute approximate surface area is 153 Å². The van der Waals surface area contributed by atoms with Crippen LogP contribution in [-0.4, -0.2) is 32.2 Å². The summed E-state index contributed by atoms with van der Waals surface area (Å²) in [6.07, 6.45) is 0. The Morgan fingerprint density at radius 3 is 2.38 bits per heavy atom. The zero-order valence-electron chi connectivity index (χ0n) is 13.3. The van der Waals surface area contributed by atoms with E-state index in [9.17, 15) is 27.7 Å². The smallest absolute Gasteiger partial charge is 0.271 e. The summed E-state index contributed by atoms with van der Waals surface area (Å²) in [5, 5.41) is 9.99. The molecule has 0 atom stereocenters. The number of rotatable bonds is 7. The topological polar surface area (TPSA) is 107 Å². The Balaban J connectivity index is 2.68. The number of hydrogen-bond acceptors (Lipinski definition) is 6. The van der Waals surface area contributed by atoms with Gasteiger partial charge in [0.2, 0.25) is 5.24 Å². The van der Waals surface area contributed by atoms with Crippen LogP contribution in [0.15, 0.2) is 47.4 Å². The van der Waals surface area contributed by atoms with E-state index in [4.69, 9.17) is 16.3 Å². The summed E-state index contributed by atoms with van der Waals surface area (Å²) in [5.74, 6) is -0.684. The van der Waals surface area contributed by atoms with Crippen molar-refractivity contribution in [2.24, 2.45) is 0 Å². The van der Waals surface area contributed by atoms with E-state index in [1.54, 1.807) is 0 Å². The average molecular weight is 403 g/mol. The monoisotopic (exact) mass is 402 g/mol. The zero-order valence-corrected chi connectivity index (χ0v) is 14.8. The van der Waals surface area contributed by atoms with Crippen molar-refractivity contribution in [2.75, 3.05) is 18.0 Å². The highest BCUT2D eigenvalue weighted by Crippen LogP contribution is 2.35. The van der Waals surface area contributed by atoms with Crippen LogP contribution in [0.1, 0.15) is 0 Å². The van der Waals surface area contributed by atoms with Gasteiger partial charge in [-0.2, -0.15) is 0 Å². The minimum atomic E-state index is -4.38. The largest absolute Gasteiger partial charge is 0.495 e. The second-order valence-electron chi connectivity index (χ2n) is 4.93. The standard InChI is InChI=1S/C15H12ClFN2O6S/c1-25-14-7-4-11(19(21)22)8-13(14)18(9-15(16)20)26(23,24)12-5-2-10(17)3-6-12/h2-8H,9H2,1H3. The third kappa shape index (κ3) is 4.09. The Hall–Kier alpha value is -2.72. The van der Waals surface area contributed by atoms with E-state index in [-0.39, 0.29) is 16.3 Å². The molecule has 0 amide bonds. The molecule has 0 fully saturated rings. The minimum absolute atomic E-state index is 0.0285. The lowest BCUT2D eigenvalue weighted by atomic mass is 10.2. The number of ether oxygens (including phenoxy) is 1. The number of sulfonamides is 1. The number of halogens is 2. The van der Waals surface area contributed by atoms with Crippen LogP contribution in [0, 0.1) is 15.9 Å². The molecule has 0 aromatic heterocycles. The number of anilines is 1. The lowest BCUT2D eigenvalue weighted by Gasteiger charge is -2.24. The zero-order chi connectivity index (χ0) is 19.5. The van der Waals surface area contributed by atoms with E-state index in [1.165, 1.54) is 13.2 Å². The van der Waals surface area contributed by atoms with Gasteiger partial charge in [0.15, 0.2) is 0 Å². The van der Waals surface area contributed by atoms with E-state index >= 15 is 0 Å². The van der Waals surface area contributed by atoms with Crippen LogP contribution in [0.25, 0.3) is 0 Å². The molecule has 0 saturated heterocycles. The molecule has 0 spiro atoms. The lowest BCUT2D eigenvalue weighted by Crippen LogP contribution is -2.34. The van der Waals surface area contributed by atoms with Gasteiger partial charge in [-0.15, -0.1) is 0 Å². The molecular formula is C15H12ClFN2O6S. The van der Waals surface area contributed by atoms with E-state index < -0.39 is 38.2 Å². The minimum Gasteiger partial charge on any atom is -0.495 e. The van der Waals surface area contributed by atoms with Crippen molar-refractivity contribution in [3.05, 3.63) is 58.4 Å². The first-order valence-corrected chi connectivity index (χ1v) is 8.77. The van der Waals surface area contributed by atoms with Gasteiger partial charge in [0.25, 0.3) is 15.7 Å². The summed E-state index contributed by atoms with van der Waals surface area (Å²) in [6, 6.07) is 7.11. The van der Waals surface area contributed by atoms with Crippen LogP contribution in [0.3, 0.4) is 0 Å². The molecule has 2 aromatic rings. The molecule has 2 rings (SSSR count). The maximum Gasteiger partial charge on any atom is 0.271 e. The van der Waals surface area contributed by atoms with E-state index in [0.29, 0.717) is 4.31 Å². The van der Waals surface area contributed by atoms with Gasteiger partial charge < -0.3 is 4.74 Å². The van der Waals surface area contributed by atoms with Gasteiger partial charge in [0.1, 0.15) is 23.8 Å². The van der Waals surface area contributed by atoms with Crippen molar-refractivity contribution >= 4 is 38.2 Å². The highest BCUT2D eigenvalue weighted by atomic mass is 35.5. The number of carbonyl (C=O) groups excluding carboxylic acids is 1. The van der Waals surface area contributed by atoms with Crippen LogP contribution in [0.2, 0.25) is 0 Å². The molecule has 8 nitrogen and oxygen atoms in total. The normalized spacial score (nSPS) is 11.0. The van der Waals surface area contributed by atoms with Crippen molar-refractivity contribution in [3.63, 3.8) is 0 Å². The maximum atomic E-state index is 13.1. The Bertz CT molecular complexity index is 949. The molecule has 2 aromatic carbocycles. The molecule has 0 heterocycles. The van der Waals surface area contributed by atoms with Crippen LogP contribution in [0.4, 0.5) is 15.8 Å². The van der Waals surface area contributed by atoms with Crippen LogP contribution in [-0.2, 0) is 14.8 Å². The summed E-state index contributed by atoms with van der Waals surface area (Å²) in [6.45, 7) is -0.807. The van der Waals surface area contributed by atoms with Crippen LogP contribution in [0.5, 0.6) is 5.75 Å². The number of benzene rings is 2. The Morgan fingerprint density at radius 2 is 1.88 bits per heavy atom. The Kier molecular flexibility index (Phi) is 5.78. The summed E-state index contributed by atoms with van der Waals surface area (Å²) in [4.78, 5) is 21.4. The molecule has 0 unspecified atom stereocenters. The molecule has 0 aliphatic rings. The third-order valence-electron chi connectivity index (χ3n) is 3.31. The average Bonchev–Trinajstić information content (AvgIpc) is 2.59. The SMILES string of the molecule is COc1ccc([N+](=O)[O-])cc1N(CC(=O)Cl)S(=O)(=O)c1ccc(F)cc1. The number of hydrogen-bond donors (Lipinski definition) is 0. The molecule has 138 valence electrons. The first-order chi connectivity index (χ1) is 12.2. The molecule has 0 N–H and O–H groups in total. The van der Waals surface area contributed by atoms with Gasteiger partial charge in [-0.05, 0) is 41.9 Å². The summed E-state index contributed by atoms with van der Waals surface area (Å²) in [5.41, 5.74) is -0.665. The van der Waals surface area contributed by atoms with Gasteiger partial charge >= 0.3 is 0 Å². The predicted molar refractivity (Wildman–Crippen MR) is 91.4 cm³/mol. The predicted octanol–water partition coefficient (Wildman–Crippen LogP) is 2.70. The number of methoxy groups -OCH3 is 1. The molecule has 0 saturated carbocycles. The third-order valence-corrected chi connectivity index (χ3v) is 5.20. The molecule has 26 heavy (non-hydrogen) atoms. The summed E-state index contributed by atoms with van der Waals surface area (Å²) >= 11 is 5.36. The van der Waals surface area contributed by atoms with Gasteiger partial charge in [-0.25, -0.2) is 12.8 Å². The highest BCUT2D eigenvalue weighted by Gasteiger charge is 2.30. The first kappa shape index (κ1) is 19.6. The van der Waals surface area contributed by atoms with E-state index in [0.717, 1.165) is 36.4 Å². The second-order valence-corrected chi connectivity index (χ2v) is 7.22. The molecule has 0 bridgehead atoms. The van der Waals surface area contributed by atoms with Crippen molar-refractivity contribution < 1.29 is 27.3 Å². The number of nitrogens with zero attached hydrogens (tertiary/aromatic N) is 2. The lowest BCUT2D eigenvalue weighted by molar-refractivity contribution is -0.384. The fourth-order valence-corrected chi connectivity index (χ4v) is 3.75. The van der Waals surface area contributed by atoms with Crippen molar-refractivity contribution in [2.45, 2.75) is 4.90 Å². The van der Waals surface area contributed by atoms with Crippen LogP contribution < -0.4 is 9.04 Å². The quantitative estimate of drug-likeness (QED) is 0.400. The molecular weight excluding hydrogens is 391 g/mol. The van der Waals surface area contributed by atoms with Gasteiger partial charge in [-0.3, -0.25) is 19.2 Å². The van der Waals surface area contributed by atoms with Crippen molar-refractivity contribution in [1.29, 1.82) is 0 Å². The van der Waals surface area contributed by atoms with Gasteiger partial charge in [0, 0.05) is 12.1 Å². The molecule has 0 aliphatic heterocycles. The van der Waals surface area contributed by atoms with Crippen molar-refractivity contribution in [3.8, 4) is 5.75 Å². The Morgan fingerprint density at radius 1 is 1.27 bits per heavy atom. The highest BCUT2D eigenvalue weighted by molar-refractivity contribution is 7.92. The van der Waals surface area contributed by atoms with Crippen LogP contribution >= 0.6 is 11.6 Å². The number of carbonyl (C=O) groups is 1. The number of non-ortho nitro benzene ring substituents is 1. The second kappa shape index (κ2) is 7.67. The molecule has 0 radical (unpaired) electrons. The van der Waals surface area contributed by atoms with Gasteiger partial charge in [0.05, 0.1) is 16.9 Å². The number of nitro benzene ring substituents is 1. The van der Waals surface area contributed by atoms with E-state index in [2.05, 4.69) is 0 Å². The van der Waals surface area contributed by atoms with Gasteiger partial charge in [-0.1, -0.05) is 0 Å². The molecule has 0 aliphatic carbocycles. The number of nitro groups is 1. The van der Waals surface area contributed by atoms with E-state index in [1.807, 2.05) is 0 Å². The van der Waals surface area contributed by atoms with Crippen molar-refractivity contribution in [1.82, 2.24) is 0 Å². The fraction of sp³-hybridized carbons (Fsp3) is 0.133. The molecule has 11 heteroatoms. The first-order valence-electron chi connectivity index (χ1n) is 6.96.